The molecule has 0 fully saturated rings. The summed E-state index contributed by atoms with van der Waals surface area (Å²) in [5, 5.41) is 29.4. The molecule has 13 heteroatoms. The molecule has 0 bridgehead atoms. The highest BCUT2D eigenvalue weighted by atomic mass is 19.4. The Balaban J connectivity index is 1.70. The van der Waals surface area contributed by atoms with Crippen molar-refractivity contribution in [3.8, 4) is 11.4 Å². The molecule has 238 valence electrons. The van der Waals surface area contributed by atoms with Gasteiger partial charge in [-0.15, -0.1) is 15.0 Å². The number of fused-ring (bicyclic) bond motifs is 1. The number of hydrogen-bond acceptors (Lipinski definition) is 8. The molecular formula is C32H31F4N3O6. The lowest BCUT2D eigenvalue weighted by Crippen LogP contribution is -2.28. The molecule has 3 aromatic carbocycles. The van der Waals surface area contributed by atoms with Crippen molar-refractivity contribution in [3.05, 3.63) is 94.8 Å². The molecule has 9 nitrogen and oxygen atoms in total. The van der Waals surface area contributed by atoms with Crippen molar-refractivity contribution in [1.82, 2.24) is 15.0 Å². The summed E-state index contributed by atoms with van der Waals surface area (Å²) in [4.78, 5) is 25.2. The highest BCUT2D eigenvalue weighted by Crippen LogP contribution is 2.41. The number of benzene rings is 3. The van der Waals surface area contributed by atoms with Gasteiger partial charge < -0.3 is 19.7 Å². The number of phenolic OH excluding ortho intramolecular Hbond substituents is 1. The number of phenols is 1. The van der Waals surface area contributed by atoms with Gasteiger partial charge in [0.15, 0.2) is 6.10 Å². The van der Waals surface area contributed by atoms with Crippen LogP contribution in [-0.4, -0.2) is 56.5 Å². The molecule has 0 amide bonds. The normalized spacial score (nSPS) is 12.9. The molecule has 2 N–H and O–H groups in total. The zero-order valence-corrected chi connectivity index (χ0v) is 24.6. The summed E-state index contributed by atoms with van der Waals surface area (Å²) in [6.45, 7) is 4.05. The van der Waals surface area contributed by atoms with Crippen LogP contribution in [0.1, 0.15) is 49.4 Å². The third-order valence-corrected chi connectivity index (χ3v) is 7.13. The van der Waals surface area contributed by atoms with E-state index < -0.39 is 47.6 Å². The van der Waals surface area contributed by atoms with E-state index in [-0.39, 0.29) is 53.0 Å². The van der Waals surface area contributed by atoms with Crippen molar-refractivity contribution >= 4 is 23.0 Å². The fourth-order valence-electron chi connectivity index (χ4n) is 4.74. The molecule has 0 saturated carbocycles. The molecule has 0 aliphatic carbocycles. The Labute approximate surface area is 255 Å². The van der Waals surface area contributed by atoms with Crippen molar-refractivity contribution in [2.45, 2.75) is 51.3 Å². The number of halogens is 4. The minimum Gasteiger partial charge on any atom is -0.505 e. The van der Waals surface area contributed by atoms with E-state index in [2.05, 4.69) is 10.2 Å². The lowest BCUT2D eigenvalue weighted by atomic mass is 9.76. The van der Waals surface area contributed by atoms with E-state index in [1.165, 1.54) is 30.4 Å². The van der Waals surface area contributed by atoms with Crippen molar-refractivity contribution in [1.29, 1.82) is 0 Å². The van der Waals surface area contributed by atoms with Crippen LogP contribution < -0.4 is 0 Å². The Morgan fingerprint density at radius 3 is 2.40 bits per heavy atom. The number of carbonyl (C=O) groups is 2. The average Bonchev–Trinajstić information content (AvgIpc) is 3.42. The zero-order valence-electron chi connectivity index (χ0n) is 24.6. The van der Waals surface area contributed by atoms with E-state index in [0.29, 0.717) is 5.56 Å². The van der Waals surface area contributed by atoms with E-state index in [4.69, 9.17) is 9.47 Å². The Bertz CT molecular complexity index is 1730. The van der Waals surface area contributed by atoms with Crippen LogP contribution in [0.4, 0.5) is 17.6 Å². The van der Waals surface area contributed by atoms with Gasteiger partial charge in [-0.25, -0.2) is 9.18 Å². The quantitative estimate of drug-likeness (QED) is 0.126. The van der Waals surface area contributed by atoms with E-state index in [1.807, 2.05) is 0 Å². The number of hydrogen-bond donors (Lipinski definition) is 2. The zero-order chi connectivity index (χ0) is 32.9. The maximum atomic E-state index is 14.9. The van der Waals surface area contributed by atoms with Gasteiger partial charge in [0.2, 0.25) is 0 Å². The highest BCUT2D eigenvalue weighted by molar-refractivity contribution is 5.81. The van der Waals surface area contributed by atoms with Crippen LogP contribution in [0.3, 0.4) is 0 Å². The second-order valence-electron chi connectivity index (χ2n) is 10.7. The number of alkyl halides is 3. The van der Waals surface area contributed by atoms with Gasteiger partial charge in [0.25, 0.3) is 0 Å². The molecule has 0 spiro atoms. The minimum atomic E-state index is -4.60. The second-order valence-corrected chi connectivity index (χ2v) is 10.7. The number of aliphatic hydroxyl groups excluding tert-OH is 1. The number of aromatic hydroxyl groups is 1. The molecule has 0 aliphatic rings. The molecule has 1 aromatic heterocycles. The standard InChI is InChI=1S/C32H31F4N3O6/c1-4-7-28(41)44-18-21(17-40)45-29(42)13-10-19-14-23(31(2,3)22-8-5-6-9-24(22)33)30(43)27(15-19)39-37-25-12-11-20(32(34,35)36)16-26(25)38-39/h4-9,11-12,14-16,21,40,43H,10,13,17-18H2,1-3H3. The van der Waals surface area contributed by atoms with Crippen molar-refractivity contribution < 1.29 is 46.8 Å². The Hall–Kier alpha value is -4.78. The maximum Gasteiger partial charge on any atom is 0.416 e. The lowest BCUT2D eigenvalue weighted by Gasteiger charge is -2.28. The summed E-state index contributed by atoms with van der Waals surface area (Å²) >= 11 is 0. The first kappa shape index (κ1) is 33.1. The van der Waals surface area contributed by atoms with Crippen LogP contribution in [-0.2, 0) is 37.1 Å². The SMILES string of the molecule is CC=CC(=O)OCC(CO)OC(=O)CCc1cc(-n2nc3ccc(C(F)(F)F)cc3n2)c(O)c(C(C)(C)c2ccccc2F)c1. The van der Waals surface area contributed by atoms with E-state index in [0.717, 1.165) is 23.0 Å². The molecule has 45 heavy (non-hydrogen) atoms. The molecule has 1 atom stereocenters. The van der Waals surface area contributed by atoms with Crippen molar-refractivity contribution in [3.63, 3.8) is 0 Å². The van der Waals surface area contributed by atoms with Gasteiger partial charge in [-0.2, -0.15) is 13.2 Å². The molecule has 4 aromatic rings. The van der Waals surface area contributed by atoms with E-state index in [1.54, 1.807) is 39.0 Å². The highest BCUT2D eigenvalue weighted by Gasteiger charge is 2.33. The fraction of sp³-hybridized carbons (Fsp3) is 0.312. The van der Waals surface area contributed by atoms with Gasteiger partial charge in [0.05, 0.1) is 12.2 Å². The number of aliphatic hydroxyl groups is 1. The summed E-state index contributed by atoms with van der Waals surface area (Å²) in [6, 6.07) is 11.9. The maximum absolute atomic E-state index is 14.9. The number of rotatable bonds is 11. The molecule has 1 unspecified atom stereocenters. The van der Waals surface area contributed by atoms with Crippen LogP contribution in [0.25, 0.3) is 16.7 Å². The predicted octanol–water partition coefficient (Wildman–Crippen LogP) is 5.57. The third-order valence-electron chi connectivity index (χ3n) is 7.13. The van der Waals surface area contributed by atoms with Crippen LogP contribution in [0, 0.1) is 5.82 Å². The van der Waals surface area contributed by atoms with Gasteiger partial charge >= 0.3 is 18.1 Å². The summed E-state index contributed by atoms with van der Waals surface area (Å²) in [6.07, 6.45) is -3.22. The first-order chi connectivity index (χ1) is 21.2. The molecule has 0 saturated heterocycles. The molecule has 0 radical (unpaired) electrons. The molecule has 0 aliphatic heterocycles. The number of aromatic nitrogens is 3. The third kappa shape index (κ3) is 7.66. The van der Waals surface area contributed by atoms with E-state index in [9.17, 15) is 37.4 Å². The minimum absolute atomic E-state index is 0.00540. The van der Waals surface area contributed by atoms with Crippen molar-refractivity contribution in [2.24, 2.45) is 0 Å². The number of ether oxygens (including phenoxy) is 2. The number of aryl methyl sites for hydroxylation is 1. The largest absolute Gasteiger partial charge is 0.505 e. The lowest BCUT2D eigenvalue weighted by molar-refractivity contribution is -0.159. The van der Waals surface area contributed by atoms with Gasteiger partial charge in [-0.3, -0.25) is 4.79 Å². The topological polar surface area (TPSA) is 124 Å². The summed E-state index contributed by atoms with van der Waals surface area (Å²) in [7, 11) is 0. The summed E-state index contributed by atoms with van der Waals surface area (Å²) in [5.74, 6) is -2.24. The van der Waals surface area contributed by atoms with Crippen LogP contribution in [0.2, 0.25) is 0 Å². The van der Waals surface area contributed by atoms with Gasteiger partial charge in [-0.1, -0.05) is 44.2 Å². The van der Waals surface area contributed by atoms with E-state index >= 15 is 0 Å². The smallest absolute Gasteiger partial charge is 0.416 e. The predicted molar refractivity (Wildman–Crippen MR) is 155 cm³/mol. The molecule has 1 heterocycles. The van der Waals surface area contributed by atoms with Gasteiger partial charge in [0, 0.05) is 23.5 Å². The Morgan fingerprint density at radius 1 is 1.02 bits per heavy atom. The number of nitrogens with zero attached hydrogens (tertiary/aromatic N) is 3. The Kier molecular flexibility index (Phi) is 9.91. The van der Waals surface area contributed by atoms with Gasteiger partial charge in [-0.05, 0) is 54.8 Å². The van der Waals surface area contributed by atoms with Gasteiger partial charge in [0.1, 0.15) is 34.9 Å². The molecular weight excluding hydrogens is 598 g/mol. The average molecular weight is 630 g/mol. The van der Waals surface area contributed by atoms with Crippen LogP contribution in [0.5, 0.6) is 5.75 Å². The first-order valence-corrected chi connectivity index (χ1v) is 13.9. The Morgan fingerprint density at radius 2 is 1.73 bits per heavy atom. The summed E-state index contributed by atoms with van der Waals surface area (Å²) < 4.78 is 65.0. The monoisotopic (exact) mass is 629 g/mol. The first-order valence-electron chi connectivity index (χ1n) is 13.9. The number of carbonyl (C=O) groups excluding carboxylic acids is 2. The number of esters is 2. The van der Waals surface area contributed by atoms with Crippen LogP contribution >= 0.6 is 0 Å². The fourth-order valence-corrected chi connectivity index (χ4v) is 4.74. The second kappa shape index (κ2) is 13.5. The van der Waals surface area contributed by atoms with Crippen LogP contribution in [0.15, 0.2) is 66.7 Å². The summed E-state index contributed by atoms with van der Waals surface area (Å²) in [5.41, 5.74) is -1.02. The number of allylic oxidation sites excluding steroid dienone is 1. The molecule has 4 rings (SSSR count). The van der Waals surface area contributed by atoms with Crippen molar-refractivity contribution in [2.75, 3.05) is 13.2 Å².